The molecule has 0 saturated heterocycles. The van der Waals surface area contributed by atoms with E-state index in [2.05, 4.69) is 10.0 Å². The lowest BCUT2D eigenvalue weighted by Gasteiger charge is -2.22. The Morgan fingerprint density at radius 1 is 0.903 bits per heavy atom. The van der Waals surface area contributed by atoms with Crippen LogP contribution in [0.2, 0.25) is 0 Å². The van der Waals surface area contributed by atoms with Crippen LogP contribution < -0.4 is 10.0 Å². The minimum atomic E-state index is -3.57. The summed E-state index contributed by atoms with van der Waals surface area (Å²) in [6.07, 6.45) is 5.17. The highest BCUT2D eigenvalue weighted by atomic mass is 32.2. The van der Waals surface area contributed by atoms with Gasteiger partial charge in [-0.25, -0.2) is 13.1 Å². The van der Waals surface area contributed by atoms with Crippen molar-refractivity contribution in [2.45, 2.75) is 69.7 Å². The second-order valence-electron chi connectivity index (χ2n) is 8.25. The number of nitrogens with one attached hydrogen (secondary N) is 2. The Kier molecular flexibility index (Phi) is 7.62. The molecule has 1 saturated carbocycles. The molecule has 0 aliphatic heterocycles. The molecule has 2 aromatic carbocycles. The number of Topliss-reactive ketones (excluding diaryl/α,β-unsaturated/α-hetero) is 1. The number of carbonyl (C=O) groups is 2. The molecule has 0 bridgehead atoms. The molecule has 166 valence electrons. The van der Waals surface area contributed by atoms with E-state index in [-0.39, 0.29) is 35.5 Å². The van der Waals surface area contributed by atoms with Gasteiger partial charge in [-0.1, -0.05) is 31.4 Å². The van der Waals surface area contributed by atoms with Gasteiger partial charge in [-0.3, -0.25) is 9.59 Å². The van der Waals surface area contributed by atoms with Gasteiger partial charge in [-0.2, -0.15) is 0 Å². The number of ketones is 1. The van der Waals surface area contributed by atoms with Crippen LogP contribution in [0.1, 0.15) is 66.4 Å². The van der Waals surface area contributed by atoms with Gasteiger partial charge in [0.1, 0.15) is 0 Å². The summed E-state index contributed by atoms with van der Waals surface area (Å²) in [5, 5.41) is 2.72. The highest BCUT2D eigenvalue weighted by molar-refractivity contribution is 7.89. The molecular formula is C24H30N2O4S. The van der Waals surface area contributed by atoms with Crippen LogP contribution in [-0.2, 0) is 14.8 Å². The van der Waals surface area contributed by atoms with Gasteiger partial charge in [0.25, 0.3) is 0 Å². The first-order valence-electron chi connectivity index (χ1n) is 10.8. The molecule has 0 heterocycles. The highest BCUT2D eigenvalue weighted by Crippen LogP contribution is 2.21. The van der Waals surface area contributed by atoms with E-state index in [1.807, 2.05) is 26.0 Å². The first kappa shape index (κ1) is 23.2. The number of sulfonamides is 1. The first-order chi connectivity index (χ1) is 14.7. The fraction of sp³-hybridized carbons (Fsp3) is 0.417. The van der Waals surface area contributed by atoms with Gasteiger partial charge in [0.05, 0.1) is 4.90 Å². The summed E-state index contributed by atoms with van der Waals surface area (Å²) in [7, 11) is -3.57. The molecule has 3 rings (SSSR count). The van der Waals surface area contributed by atoms with Gasteiger partial charge < -0.3 is 5.32 Å². The van der Waals surface area contributed by atoms with Crippen LogP contribution in [0.3, 0.4) is 0 Å². The van der Waals surface area contributed by atoms with Crippen LogP contribution in [0.4, 0.5) is 5.69 Å². The minimum Gasteiger partial charge on any atom is -0.326 e. The molecular weight excluding hydrogens is 412 g/mol. The standard InChI is InChI=1S/C24H30N2O4S/c1-17-8-9-19(16-18(17)2)23(27)14-15-24(28)25-20-10-12-22(13-11-20)31(29,30)26-21-6-4-3-5-7-21/h8-13,16,21,26H,3-7,14-15H2,1-2H3,(H,25,28). The van der Waals surface area contributed by atoms with Crippen LogP contribution in [0.5, 0.6) is 0 Å². The number of benzene rings is 2. The number of rotatable bonds is 8. The lowest BCUT2D eigenvalue weighted by Crippen LogP contribution is -2.36. The number of aryl methyl sites for hydroxylation is 2. The van der Waals surface area contributed by atoms with Crippen molar-refractivity contribution < 1.29 is 18.0 Å². The Morgan fingerprint density at radius 3 is 2.23 bits per heavy atom. The molecule has 0 spiro atoms. The molecule has 0 unspecified atom stereocenters. The van der Waals surface area contributed by atoms with E-state index in [9.17, 15) is 18.0 Å². The second kappa shape index (κ2) is 10.2. The fourth-order valence-corrected chi connectivity index (χ4v) is 5.04. The summed E-state index contributed by atoms with van der Waals surface area (Å²) in [4.78, 5) is 24.7. The van der Waals surface area contributed by atoms with Crippen molar-refractivity contribution in [3.8, 4) is 0 Å². The molecule has 0 aromatic heterocycles. The van der Waals surface area contributed by atoms with Crippen molar-refractivity contribution in [2.75, 3.05) is 5.32 Å². The number of anilines is 1. The third kappa shape index (κ3) is 6.48. The van der Waals surface area contributed by atoms with Crippen molar-refractivity contribution >= 4 is 27.4 Å². The molecule has 2 aromatic rings. The average molecular weight is 443 g/mol. The van der Waals surface area contributed by atoms with Crippen molar-refractivity contribution in [1.82, 2.24) is 4.72 Å². The second-order valence-corrected chi connectivity index (χ2v) is 9.96. The third-order valence-electron chi connectivity index (χ3n) is 5.78. The Hall–Kier alpha value is -2.51. The van der Waals surface area contributed by atoms with E-state index in [4.69, 9.17) is 0 Å². The third-order valence-corrected chi connectivity index (χ3v) is 7.32. The lowest BCUT2D eigenvalue weighted by atomic mass is 9.96. The number of hydrogen-bond donors (Lipinski definition) is 2. The van der Waals surface area contributed by atoms with E-state index < -0.39 is 10.0 Å². The molecule has 0 atom stereocenters. The van der Waals surface area contributed by atoms with Crippen LogP contribution in [0.15, 0.2) is 47.4 Å². The van der Waals surface area contributed by atoms with Crippen LogP contribution in [0.25, 0.3) is 0 Å². The number of amides is 1. The number of carbonyl (C=O) groups excluding carboxylic acids is 2. The van der Waals surface area contributed by atoms with E-state index in [0.29, 0.717) is 11.3 Å². The molecule has 1 amide bonds. The Labute approximate surface area is 184 Å². The minimum absolute atomic E-state index is 0.00650. The van der Waals surface area contributed by atoms with Crippen LogP contribution in [0, 0.1) is 13.8 Å². The molecule has 6 nitrogen and oxygen atoms in total. The van der Waals surface area contributed by atoms with Gasteiger partial charge in [0.2, 0.25) is 15.9 Å². The molecule has 1 fully saturated rings. The number of hydrogen-bond acceptors (Lipinski definition) is 4. The lowest BCUT2D eigenvalue weighted by molar-refractivity contribution is -0.116. The zero-order valence-electron chi connectivity index (χ0n) is 18.1. The SMILES string of the molecule is Cc1ccc(C(=O)CCC(=O)Nc2ccc(S(=O)(=O)NC3CCCCC3)cc2)cc1C. The van der Waals surface area contributed by atoms with E-state index in [1.165, 1.54) is 12.1 Å². The van der Waals surface area contributed by atoms with E-state index >= 15 is 0 Å². The molecule has 1 aliphatic rings. The quantitative estimate of drug-likeness (QED) is 0.588. The molecule has 2 N–H and O–H groups in total. The Balaban J connectivity index is 1.52. The molecule has 0 radical (unpaired) electrons. The van der Waals surface area contributed by atoms with E-state index in [0.717, 1.165) is 43.2 Å². The summed E-state index contributed by atoms with van der Waals surface area (Å²) in [5.74, 6) is -0.360. The smallest absolute Gasteiger partial charge is 0.240 e. The van der Waals surface area contributed by atoms with Crippen LogP contribution >= 0.6 is 0 Å². The summed E-state index contributed by atoms with van der Waals surface area (Å²) < 4.78 is 27.9. The van der Waals surface area contributed by atoms with Gasteiger partial charge in [-0.05, 0) is 68.1 Å². The molecule has 1 aliphatic carbocycles. The highest BCUT2D eigenvalue weighted by Gasteiger charge is 2.21. The zero-order chi connectivity index (χ0) is 22.4. The predicted octanol–water partition coefficient (Wildman–Crippen LogP) is 4.52. The molecule has 7 heteroatoms. The van der Waals surface area contributed by atoms with Crippen molar-refractivity contribution in [3.63, 3.8) is 0 Å². The first-order valence-corrected chi connectivity index (χ1v) is 12.3. The maximum absolute atomic E-state index is 12.6. The van der Waals surface area contributed by atoms with Gasteiger partial charge >= 0.3 is 0 Å². The summed E-state index contributed by atoms with van der Waals surface area (Å²) >= 11 is 0. The summed E-state index contributed by atoms with van der Waals surface area (Å²) in [6.45, 7) is 3.94. The van der Waals surface area contributed by atoms with Crippen molar-refractivity contribution in [3.05, 3.63) is 59.2 Å². The summed E-state index contributed by atoms with van der Waals surface area (Å²) in [6, 6.07) is 11.6. The maximum Gasteiger partial charge on any atom is 0.240 e. The van der Waals surface area contributed by atoms with Crippen molar-refractivity contribution in [2.24, 2.45) is 0 Å². The Morgan fingerprint density at radius 2 is 1.58 bits per heavy atom. The van der Waals surface area contributed by atoms with Gasteiger partial charge in [0, 0.05) is 30.1 Å². The zero-order valence-corrected chi connectivity index (χ0v) is 18.9. The monoisotopic (exact) mass is 442 g/mol. The Bertz CT molecular complexity index is 1040. The average Bonchev–Trinajstić information content (AvgIpc) is 2.75. The predicted molar refractivity (Wildman–Crippen MR) is 122 cm³/mol. The van der Waals surface area contributed by atoms with Crippen LogP contribution in [-0.4, -0.2) is 26.2 Å². The van der Waals surface area contributed by atoms with Crippen molar-refractivity contribution in [1.29, 1.82) is 0 Å². The van der Waals surface area contributed by atoms with E-state index in [1.54, 1.807) is 18.2 Å². The van der Waals surface area contributed by atoms with Gasteiger partial charge in [0.15, 0.2) is 5.78 Å². The largest absolute Gasteiger partial charge is 0.326 e. The topological polar surface area (TPSA) is 92.3 Å². The summed E-state index contributed by atoms with van der Waals surface area (Å²) in [5.41, 5.74) is 3.27. The van der Waals surface area contributed by atoms with Gasteiger partial charge in [-0.15, -0.1) is 0 Å². The molecule has 31 heavy (non-hydrogen) atoms. The normalized spacial score (nSPS) is 14.9. The fourth-order valence-electron chi connectivity index (χ4n) is 3.74. The maximum atomic E-state index is 12.6.